The Morgan fingerprint density at radius 3 is 2.89 bits per heavy atom. The highest BCUT2D eigenvalue weighted by molar-refractivity contribution is 9.10. The molecule has 0 aliphatic carbocycles. The number of hydrogen-bond donors (Lipinski definition) is 2. The van der Waals surface area contributed by atoms with Crippen LogP contribution in [0.1, 0.15) is 11.6 Å². The number of aromatic nitrogens is 1. The number of carbonyl (C=O) groups is 1. The number of benzene rings is 1. The zero-order valence-corrected chi connectivity index (χ0v) is 10.8. The molecule has 6 heteroatoms. The van der Waals surface area contributed by atoms with E-state index < -0.39 is 6.04 Å². The summed E-state index contributed by atoms with van der Waals surface area (Å²) < 4.78 is 0.935. The van der Waals surface area contributed by atoms with Crippen LogP contribution in [0.25, 0.3) is 10.9 Å². The Kier molecular flexibility index (Phi) is 2.52. The van der Waals surface area contributed by atoms with Gasteiger partial charge in [0, 0.05) is 21.6 Å². The van der Waals surface area contributed by atoms with Crippen molar-refractivity contribution in [1.82, 2.24) is 10.3 Å². The molecule has 0 fully saturated rings. The molecule has 0 bridgehead atoms. The SMILES string of the molecule is NC1=NC(c2ccc(Br)c3cccnc23)C(=O)N1. The van der Waals surface area contributed by atoms with Crippen LogP contribution in [-0.2, 0) is 4.79 Å². The summed E-state index contributed by atoms with van der Waals surface area (Å²) in [6, 6.07) is 6.90. The van der Waals surface area contributed by atoms with Crippen LogP contribution in [0, 0.1) is 0 Å². The third-order valence-electron chi connectivity index (χ3n) is 2.81. The van der Waals surface area contributed by atoms with Gasteiger partial charge in [-0.3, -0.25) is 15.1 Å². The van der Waals surface area contributed by atoms with Crippen LogP contribution < -0.4 is 11.1 Å². The summed E-state index contributed by atoms with van der Waals surface area (Å²) in [6.07, 6.45) is 1.69. The molecule has 0 spiro atoms. The van der Waals surface area contributed by atoms with Crippen molar-refractivity contribution < 1.29 is 4.79 Å². The lowest BCUT2D eigenvalue weighted by Gasteiger charge is -2.09. The molecule has 1 aliphatic rings. The van der Waals surface area contributed by atoms with Gasteiger partial charge in [-0.1, -0.05) is 28.1 Å². The van der Waals surface area contributed by atoms with Gasteiger partial charge in [0.05, 0.1) is 5.52 Å². The van der Waals surface area contributed by atoms with Crippen LogP contribution in [0.5, 0.6) is 0 Å². The lowest BCUT2D eigenvalue weighted by Crippen LogP contribution is -2.31. The van der Waals surface area contributed by atoms with Gasteiger partial charge in [0.2, 0.25) is 0 Å². The lowest BCUT2D eigenvalue weighted by atomic mass is 10.0. The van der Waals surface area contributed by atoms with Gasteiger partial charge in [-0.25, -0.2) is 4.99 Å². The normalized spacial score (nSPS) is 18.8. The van der Waals surface area contributed by atoms with Crippen molar-refractivity contribution in [2.24, 2.45) is 10.7 Å². The van der Waals surface area contributed by atoms with Crippen molar-refractivity contribution in [3.8, 4) is 0 Å². The minimum absolute atomic E-state index is 0.150. The molecule has 3 N–H and O–H groups in total. The van der Waals surface area contributed by atoms with Gasteiger partial charge < -0.3 is 5.73 Å². The standard InChI is InChI=1S/C12H9BrN4O/c13-8-4-3-7(9-6(8)2-1-5-15-9)10-11(18)17-12(14)16-10/h1-5,10H,(H3,14,16,17,18). The smallest absolute Gasteiger partial charge is 0.256 e. The predicted molar refractivity (Wildman–Crippen MR) is 71.9 cm³/mol. The van der Waals surface area contributed by atoms with Gasteiger partial charge >= 0.3 is 0 Å². The van der Waals surface area contributed by atoms with E-state index in [4.69, 9.17) is 5.73 Å². The molecule has 2 aromatic rings. The maximum absolute atomic E-state index is 11.8. The Labute approximate surface area is 111 Å². The number of pyridine rings is 1. The summed E-state index contributed by atoms with van der Waals surface area (Å²) in [6.45, 7) is 0. The van der Waals surface area contributed by atoms with E-state index in [1.165, 1.54) is 0 Å². The largest absolute Gasteiger partial charge is 0.370 e. The number of nitrogens with two attached hydrogens (primary N) is 1. The van der Waals surface area contributed by atoms with E-state index in [2.05, 4.69) is 31.2 Å². The van der Waals surface area contributed by atoms with Gasteiger partial charge in [-0.05, 0) is 12.1 Å². The molecule has 3 rings (SSSR count). The number of hydrogen-bond acceptors (Lipinski definition) is 4. The molecule has 2 heterocycles. The van der Waals surface area contributed by atoms with Crippen molar-refractivity contribution >= 4 is 38.7 Å². The fourth-order valence-corrected chi connectivity index (χ4v) is 2.47. The maximum atomic E-state index is 11.8. The zero-order valence-electron chi connectivity index (χ0n) is 9.22. The van der Waals surface area contributed by atoms with E-state index in [1.54, 1.807) is 6.20 Å². The first kappa shape index (κ1) is 11.2. The van der Waals surface area contributed by atoms with Crippen molar-refractivity contribution in [3.05, 3.63) is 40.5 Å². The zero-order chi connectivity index (χ0) is 12.7. The molecule has 0 radical (unpaired) electrons. The molecule has 1 aliphatic heterocycles. The van der Waals surface area contributed by atoms with Gasteiger partial charge in [-0.15, -0.1) is 0 Å². The second kappa shape index (κ2) is 4.06. The minimum atomic E-state index is -0.615. The topological polar surface area (TPSA) is 80.4 Å². The van der Waals surface area contributed by atoms with Crippen molar-refractivity contribution in [2.75, 3.05) is 0 Å². The Balaban J connectivity index is 2.25. The number of nitrogens with zero attached hydrogens (tertiary/aromatic N) is 2. The number of fused-ring (bicyclic) bond motifs is 1. The summed E-state index contributed by atoms with van der Waals surface area (Å²) in [7, 11) is 0. The maximum Gasteiger partial charge on any atom is 0.256 e. The molecule has 90 valence electrons. The number of aliphatic imine (C=N–C) groups is 1. The summed E-state index contributed by atoms with van der Waals surface area (Å²) in [4.78, 5) is 20.2. The van der Waals surface area contributed by atoms with Crippen LogP contribution in [-0.4, -0.2) is 16.9 Å². The molecule has 0 saturated heterocycles. The van der Waals surface area contributed by atoms with Crippen LogP contribution in [0.15, 0.2) is 39.9 Å². The van der Waals surface area contributed by atoms with E-state index in [0.717, 1.165) is 20.9 Å². The summed E-state index contributed by atoms with van der Waals surface area (Å²) in [5, 5.41) is 3.44. The Morgan fingerprint density at radius 2 is 2.17 bits per heavy atom. The van der Waals surface area contributed by atoms with Crippen LogP contribution in [0.2, 0.25) is 0 Å². The fourth-order valence-electron chi connectivity index (χ4n) is 2.02. The fraction of sp³-hybridized carbons (Fsp3) is 0.0833. The average Bonchev–Trinajstić information content (AvgIpc) is 2.69. The number of guanidine groups is 1. The van der Waals surface area contributed by atoms with Gasteiger partial charge in [0.15, 0.2) is 12.0 Å². The van der Waals surface area contributed by atoms with Crippen LogP contribution in [0.4, 0.5) is 0 Å². The molecule has 0 saturated carbocycles. The minimum Gasteiger partial charge on any atom is -0.370 e. The highest BCUT2D eigenvalue weighted by atomic mass is 79.9. The van der Waals surface area contributed by atoms with E-state index in [1.807, 2.05) is 24.3 Å². The highest BCUT2D eigenvalue weighted by Gasteiger charge is 2.28. The molecule has 5 nitrogen and oxygen atoms in total. The number of carbonyl (C=O) groups excluding carboxylic acids is 1. The van der Waals surface area contributed by atoms with Gasteiger partial charge in [0.1, 0.15) is 0 Å². The Hall–Kier alpha value is -1.95. The van der Waals surface area contributed by atoms with Crippen molar-refractivity contribution in [3.63, 3.8) is 0 Å². The first-order valence-electron chi connectivity index (χ1n) is 5.34. The summed E-state index contributed by atoms with van der Waals surface area (Å²) in [5.74, 6) is -0.0706. The van der Waals surface area contributed by atoms with Crippen LogP contribution >= 0.6 is 15.9 Å². The molecule has 1 aromatic heterocycles. The van der Waals surface area contributed by atoms with Gasteiger partial charge in [0.25, 0.3) is 5.91 Å². The number of halogens is 1. The van der Waals surface area contributed by atoms with Crippen molar-refractivity contribution in [2.45, 2.75) is 6.04 Å². The number of rotatable bonds is 1. The molecule has 1 amide bonds. The third-order valence-corrected chi connectivity index (χ3v) is 3.50. The predicted octanol–water partition coefficient (Wildman–Crippen LogP) is 1.48. The number of nitrogens with one attached hydrogen (secondary N) is 1. The van der Waals surface area contributed by atoms with E-state index in [0.29, 0.717) is 0 Å². The summed E-state index contributed by atoms with van der Waals surface area (Å²) >= 11 is 3.47. The monoisotopic (exact) mass is 304 g/mol. The molecule has 1 atom stereocenters. The molecular formula is C12H9BrN4O. The third kappa shape index (κ3) is 1.65. The van der Waals surface area contributed by atoms with E-state index in [-0.39, 0.29) is 11.9 Å². The van der Waals surface area contributed by atoms with E-state index in [9.17, 15) is 4.79 Å². The number of amides is 1. The quantitative estimate of drug-likeness (QED) is 0.837. The molecule has 18 heavy (non-hydrogen) atoms. The Morgan fingerprint density at radius 1 is 1.33 bits per heavy atom. The Bertz CT molecular complexity index is 683. The molecular weight excluding hydrogens is 296 g/mol. The van der Waals surface area contributed by atoms with E-state index >= 15 is 0 Å². The molecule has 1 aromatic carbocycles. The average molecular weight is 305 g/mol. The van der Waals surface area contributed by atoms with Crippen molar-refractivity contribution in [1.29, 1.82) is 0 Å². The summed E-state index contributed by atoms with van der Waals surface area (Å²) in [5.41, 5.74) is 7.03. The highest BCUT2D eigenvalue weighted by Crippen LogP contribution is 2.31. The lowest BCUT2D eigenvalue weighted by molar-refractivity contribution is -0.120. The second-order valence-corrected chi connectivity index (χ2v) is 4.80. The first-order valence-corrected chi connectivity index (χ1v) is 6.13. The van der Waals surface area contributed by atoms with Gasteiger partial charge in [-0.2, -0.15) is 0 Å². The molecule has 1 unspecified atom stereocenters. The second-order valence-electron chi connectivity index (χ2n) is 3.94. The van der Waals surface area contributed by atoms with Crippen LogP contribution in [0.3, 0.4) is 0 Å². The first-order chi connectivity index (χ1) is 8.66.